The molecule has 2 heteroatoms. The summed E-state index contributed by atoms with van der Waals surface area (Å²) in [6.45, 7) is 2.30. The molecule has 0 aliphatic heterocycles. The zero-order chi connectivity index (χ0) is 8.55. The van der Waals surface area contributed by atoms with E-state index >= 15 is 0 Å². The van der Waals surface area contributed by atoms with Gasteiger partial charge >= 0.3 is 0 Å². The number of hydrogen-bond acceptors (Lipinski definition) is 2. The topological polar surface area (TPSA) is 32.3 Å². The first-order chi connectivity index (χ1) is 5.75. The lowest BCUT2D eigenvalue weighted by atomic mass is 9.93. The molecule has 2 rings (SSSR count). The highest BCUT2D eigenvalue weighted by atomic mass is 16.3. The van der Waals surface area contributed by atoms with Crippen LogP contribution in [-0.2, 0) is 0 Å². The summed E-state index contributed by atoms with van der Waals surface area (Å²) < 4.78 is 0. The van der Waals surface area contributed by atoms with Crippen LogP contribution in [0.3, 0.4) is 0 Å². The molecule has 70 valence electrons. The Bertz CT molecular complexity index is 152. The molecular formula is C10H19NO. The van der Waals surface area contributed by atoms with Gasteiger partial charge in [0.2, 0.25) is 0 Å². The van der Waals surface area contributed by atoms with Crippen molar-refractivity contribution in [3.63, 3.8) is 0 Å². The van der Waals surface area contributed by atoms with E-state index in [4.69, 9.17) is 0 Å². The minimum atomic E-state index is -0.0142. The predicted molar refractivity (Wildman–Crippen MR) is 49.0 cm³/mol. The maximum Gasteiger partial charge on any atom is 0.0541 e. The van der Waals surface area contributed by atoms with E-state index in [1.54, 1.807) is 0 Å². The quantitative estimate of drug-likeness (QED) is 0.653. The van der Waals surface area contributed by atoms with E-state index in [0.717, 1.165) is 24.8 Å². The van der Waals surface area contributed by atoms with Crippen LogP contribution < -0.4 is 5.32 Å². The van der Waals surface area contributed by atoms with Crippen molar-refractivity contribution in [2.24, 2.45) is 5.92 Å². The van der Waals surface area contributed by atoms with E-state index in [1.165, 1.54) is 19.3 Å². The average Bonchev–Trinajstić information content (AvgIpc) is 2.72. The highest BCUT2D eigenvalue weighted by molar-refractivity contribution is 4.93. The molecule has 2 aliphatic rings. The van der Waals surface area contributed by atoms with Crippen molar-refractivity contribution in [2.75, 3.05) is 0 Å². The van der Waals surface area contributed by atoms with E-state index in [-0.39, 0.29) is 6.10 Å². The van der Waals surface area contributed by atoms with Gasteiger partial charge in [-0.3, -0.25) is 0 Å². The summed E-state index contributed by atoms with van der Waals surface area (Å²) in [5.41, 5.74) is 0. The van der Waals surface area contributed by atoms with Crippen LogP contribution in [0.4, 0.5) is 0 Å². The summed E-state index contributed by atoms with van der Waals surface area (Å²) in [6, 6.07) is 1.49. The number of aliphatic hydroxyl groups excluding tert-OH is 1. The van der Waals surface area contributed by atoms with Gasteiger partial charge in [-0.05, 0) is 38.0 Å². The second-order valence-electron chi connectivity index (χ2n) is 4.49. The third-order valence-corrected chi connectivity index (χ3v) is 3.26. The van der Waals surface area contributed by atoms with Crippen molar-refractivity contribution in [3.05, 3.63) is 0 Å². The van der Waals surface area contributed by atoms with Crippen LogP contribution in [0, 0.1) is 5.92 Å². The first-order valence-electron chi connectivity index (χ1n) is 5.20. The lowest BCUT2D eigenvalue weighted by Gasteiger charge is -2.26. The van der Waals surface area contributed by atoms with Crippen LogP contribution in [0.2, 0.25) is 0 Å². The molecular weight excluding hydrogens is 150 g/mol. The molecule has 0 saturated heterocycles. The van der Waals surface area contributed by atoms with Crippen LogP contribution in [-0.4, -0.2) is 23.3 Å². The Morgan fingerprint density at radius 3 is 2.25 bits per heavy atom. The van der Waals surface area contributed by atoms with Crippen molar-refractivity contribution in [3.8, 4) is 0 Å². The van der Waals surface area contributed by atoms with Gasteiger partial charge in [0.05, 0.1) is 6.10 Å². The molecule has 0 aromatic carbocycles. The zero-order valence-corrected chi connectivity index (χ0v) is 7.79. The van der Waals surface area contributed by atoms with Crippen molar-refractivity contribution < 1.29 is 5.11 Å². The SMILES string of the molecule is CC1CC1NC1CCC(O)CC1. The van der Waals surface area contributed by atoms with Crippen molar-refractivity contribution in [1.82, 2.24) is 5.32 Å². The smallest absolute Gasteiger partial charge is 0.0541 e. The van der Waals surface area contributed by atoms with Crippen molar-refractivity contribution in [2.45, 2.75) is 57.2 Å². The van der Waals surface area contributed by atoms with E-state index in [0.29, 0.717) is 6.04 Å². The Morgan fingerprint density at radius 1 is 1.17 bits per heavy atom. The second kappa shape index (κ2) is 3.35. The fourth-order valence-corrected chi connectivity index (χ4v) is 2.10. The van der Waals surface area contributed by atoms with Gasteiger partial charge < -0.3 is 10.4 Å². The van der Waals surface area contributed by atoms with Gasteiger partial charge in [0.25, 0.3) is 0 Å². The highest BCUT2D eigenvalue weighted by Gasteiger charge is 2.34. The number of aliphatic hydroxyl groups is 1. The molecule has 2 N–H and O–H groups in total. The minimum absolute atomic E-state index is 0.0142. The molecule has 2 aliphatic carbocycles. The van der Waals surface area contributed by atoms with Crippen LogP contribution in [0.1, 0.15) is 39.0 Å². The average molecular weight is 169 g/mol. The van der Waals surface area contributed by atoms with E-state index < -0.39 is 0 Å². The van der Waals surface area contributed by atoms with Crippen LogP contribution in [0.15, 0.2) is 0 Å². The van der Waals surface area contributed by atoms with Crippen LogP contribution >= 0.6 is 0 Å². The van der Waals surface area contributed by atoms with Crippen LogP contribution in [0.5, 0.6) is 0 Å². The van der Waals surface area contributed by atoms with Gasteiger partial charge in [-0.2, -0.15) is 0 Å². The summed E-state index contributed by atoms with van der Waals surface area (Å²) in [5.74, 6) is 0.900. The largest absolute Gasteiger partial charge is 0.393 e. The second-order valence-corrected chi connectivity index (χ2v) is 4.49. The molecule has 0 bridgehead atoms. The van der Waals surface area contributed by atoms with Gasteiger partial charge in [-0.1, -0.05) is 6.92 Å². The molecule has 2 nitrogen and oxygen atoms in total. The van der Waals surface area contributed by atoms with E-state index in [9.17, 15) is 5.11 Å². The van der Waals surface area contributed by atoms with E-state index in [2.05, 4.69) is 12.2 Å². The lowest BCUT2D eigenvalue weighted by molar-refractivity contribution is 0.116. The number of rotatable bonds is 2. The summed E-state index contributed by atoms with van der Waals surface area (Å²) >= 11 is 0. The standard InChI is InChI=1S/C10H19NO/c1-7-6-10(7)11-8-2-4-9(12)5-3-8/h7-12H,2-6H2,1H3. The van der Waals surface area contributed by atoms with Gasteiger partial charge in [0.15, 0.2) is 0 Å². The molecule has 2 fully saturated rings. The summed E-state index contributed by atoms with van der Waals surface area (Å²) in [5, 5.41) is 13.0. The zero-order valence-electron chi connectivity index (χ0n) is 7.79. The molecule has 2 unspecified atom stereocenters. The maximum absolute atomic E-state index is 9.30. The lowest BCUT2D eigenvalue weighted by Crippen LogP contribution is -2.36. The Morgan fingerprint density at radius 2 is 1.75 bits per heavy atom. The summed E-state index contributed by atoms with van der Waals surface area (Å²) in [4.78, 5) is 0. The van der Waals surface area contributed by atoms with Gasteiger partial charge in [-0.25, -0.2) is 0 Å². The first-order valence-corrected chi connectivity index (χ1v) is 5.20. The third-order valence-electron chi connectivity index (χ3n) is 3.26. The van der Waals surface area contributed by atoms with Gasteiger partial charge in [0, 0.05) is 12.1 Å². The van der Waals surface area contributed by atoms with Crippen molar-refractivity contribution in [1.29, 1.82) is 0 Å². The molecule has 2 saturated carbocycles. The highest BCUT2D eigenvalue weighted by Crippen LogP contribution is 2.31. The molecule has 0 spiro atoms. The molecule has 12 heavy (non-hydrogen) atoms. The summed E-state index contributed by atoms with van der Waals surface area (Å²) in [7, 11) is 0. The number of hydrogen-bond donors (Lipinski definition) is 2. The number of nitrogens with one attached hydrogen (secondary N) is 1. The maximum atomic E-state index is 9.30. The molecule has 0 aromatic heterocycles. The Balaban J connectivity index is 1.68. The molecule has 0 heterocycles. The van der Waals surface area contributed by atoms with Gasteiger partial charge in [0.1, 0.15) is 0 Å². The first kappa shape index (κ1) is 8.52. The Kier molecular flexibility index (Phi) is 2.37. The van der Waals surface area contributed by atoms with Crippen molar-refractivity contribution >= 4 is 0 Å². The normalized spacial score (nSPS) is 47.5. The van der Waals surface area contributed by atoms with Crippen LogP contribution in [0.25, 0.3) is 0 Å². The third kappa shape index (κ3) is 1.99. The Hall–Kier alpha value is -0.0800. The minimum Gasteiger partial charge on any atom is -0.393 e. The molecule has 2 atom stereocenters. The fraction of sp³-hybridized carbons (Fsp3) is 1.00. The Labute approximate surface area is 74.4 Å². The summed E-state index contributed by atoms with van der Waals surface area (Å²) in [6.07, 6.45) is 5.69. The van der Waals surface area contributed by atoms with Gasteiger partial charge in [-0.15, -0.1) is 0 Å². The predicted octanol–water partition coefficient (Wildman–Crippen LogP) is 1.29. The fourth-order valence-electron chi connectivity index (χ4n) is 2.10. The monoisotopic (exact) mass is 169 g/mol. The van der Waals surface area contributed by atoms with E-state index in [1.807, 2.05) is 0 Å². The molecule has 0 radical (unpaired) electrons. The molecule has 0 amide bonds. The molecule has 0 aromatic rings.